The largest absolute Gasteiger partial charge is 0.327 e. The molecule has 1 fully saturated rings. The zero-order valence-corrected chi connectivity index (χ0v) is 11.3. The van der Waals surface area contributed by atoms with Crippen molar-refractivity contribution < 1.29 is 8.42 Å². The number of hydrogen-bond donors (Lipinski definition) is 1. The minimum absolute atomic E-state index is 0.00475. The van der Waals surface area contributed by atoms with Crippen molar-refractivity contribution in [2.75, 3.05) is 6.26 Å². The second-order valence-electron chi connectivity index (χ2n) is 5.19. The van der Waals surface area contributed by atoms with Crippen LogP contribution in [-0.2, 0) is 15.3 Å². The van der Waals surface area contributed by atoms with Gasteiger partial charge in [0.25, 0.3) is 0 Å². The Morgan fingerprint density at radius 3 is 2.35 bits per heavy atom. The zero-order valence-electron chi connectivity index (χ0n) is 10.5. The number of nitrogens with two attached hydrogens (primary N) is 1. The third kappa shape index (κ3) is 2.11. The van der Waals surface area contributed by atoms with E-state index in [4.69, 9.17) is 5.73 Å². The van der Waals surface area contributed by atoms with Crippen LogP contribution in [0.25, 0.3) is 0 Å². The monoisotopic (exact) mass is 253 g/mol. The highest BCUT2D eigenvalue weighted by atomic mass is 32.2. The van der Waals surface area contributed by atoms with Gasteiger partial charge >= 0.3 is 0 Å². The van der Waals surface area contributed by atoms with E-state index in [1.165, 1.54) is 6.26 Å². The fraction of sp³-hybridized carbons (Fsp3) is 0.538. The number of hydrogen-bond acceptors (Lipinski definition) is 3. The summed E-state index contributed by atoms with van der Waals surface area (Å²) < 4.78 is 23.2. The number of aryl methyl sites for hydroxylation is 1. The molecule has 0 bridgehead atoms. The third-order valence-electron chi connectivity index (χ3n) is 3.83. The van der Waals surface area contributed by atoms with Gasteiger partial charge in [0, 0.05) is 17.7 Å². The van der Waals surface area contributed by atoms with E-state index in [1.807, 2.05) is 19.9 Å². The molecule has 1 aliphatic rings. The average Bonchev–Trinajstić information content (AvgIpc) is 2.97. The Kier molecular flexibility index (Phi) is 2.83. The molecule has 0 amide bonds. The van der Waals surface area contributed by atoms with E-state index in [1.54, 1.807) is 12.1 Å². The highest BCUT2D eigenvalue weighted by molar-refractivity contribution is 7.90. The molecule has 1 aliphatic carbocycles. The fourth-order valence-corrected chi connectivity index (χ4v) is 3.12. The zero-order chi connectivity index (χ0) is 12.8. The van der Waals surface area contributed by atoms with Crippen LogP contribution in [0.2, 0.25) is 0 Å². The molecule has 1 aromatic carbocycles. The molecular formula is C13H19NO2S. The SMILES string of the molecule is Cc1ccc(S(C)(=O)=O)cc1C1(C(C)N)CC1. The Morgan fingerprint density at radius 2 is 1.94 bits per heavy atom. The summed E-state index contributed by atoms with van der Waals surface area (Å²) in [6.07, 6.45) is 3.35. The number of sulfone groups is 1. The molecule has 0 heterocycles. The summed E-state index contributed by atoms with van der Waals surface area (Å²) in [7, 11) is -3.14. The molecule has 1 atom stereocenters. The maximum atomic E-state index is 11.6. The Morgan fingerprint density at radius 1 is 1.35 bits per heavy atom. The van der Waals surface area contributed by atoms with E-state index < -0.39 is 9.84 Å². The molecule has 3 nitrogen and oxygen atoms in total. The van der Waals surface area contributed by atoms with Crippen LogP contribution in [0.3, 0.4) is 0 Å². The van der Waals surface area contributed by atoms with Crippen LogP contribution in [0.1, 0.15) is 30.9 Å². The van der Waals surface area contributed by atoms with E-state index in [0.717, 1.165) is 24.0 Å². The molecule has 0 spiro atoms. The lowest BCUT2D eigenvalue weighted by Crippen LogP contribution is -2.32. The van der Waals surface area contributed by atoms with Gasteiger partial charge in [-0.25, -0.2) is 8.42 Å². The highest BCUT2D eigenvalue weighted by Crippen LogP contribution is 2.51. The lowest BCUT2D eigenvalue weighted by molar-refractivity contribution is 0.552. The lowest BCUT2D eigenvalue weighted by atomic mass is 9.86. The van der Waals surface area contributed by atoms with Gasteiger partial charge in [0.2, 0.25) is 0 Å². The van der Waals surface area contributed by atoms with Crippen LogP contribution in [0.15, 0.2) is 23.1 Å². The number of benzene rings is 1. The Hall–Kier alpha value is -0.870. The Bertz CT molecular complexity index is 543. The maximum absolute atomic E-state index is 11.6. The lowest BCUT2D eigenvalue weighted by Gasteiger charge is -2.22. The molecule has 17 heavy (non-hydrogen) atoms. The molecule has 4 heteroatoms. The van der Waals surface area contributed by atoms with Gasteiger partial charge in [-0.2, -0.15) is 0 Å². The van der Waals surface area contributed by atoms with Gasteiger partial charge in [0.05, 0.1) is 4.90 Å². The van der Waals surface area contributed by atoms with Crippen molar-refractivity contribution >= 4 is 9.84 Å². The van der Waals surface area contributed by atoms with Crippen LogP contribution in [0.4, 0.5) is 0 Å². The first kappa shape index (κ1) is 12.6. The van der Waals surface area contributed by atoms with E-state index in [9.17, 15) is 8.42 Å². The summed E-state index contributed by atoms with van der Waals surface area (Å²) in [5, 5.41) is 0. The molecule has 1 saturated carbocycles. The standard InChI is InChI=1S/C13H19NO2S/c1-9-4-5-11(17(3,15)16)8-12(9)13(6-7-13)10(2)14/h4-5,8,10H,6-7,14H2,1-3H3. The third-order valence-corrected chi connectivity index (χ3v) is 4.94. The van der Waals surface area contributed by atoms with Crippen molar-refractivity contribution in [3.63, 3.8) is 0 Å². The minimum Gasteiger partial charge on any atom is -0.327 e. The quantitative estimate of drug-likeness (QED) is 0.893. The molecule has 1 aromatic rings. The predicted molar refractivity (Wildman–Crippen MR) is 68.9 cm³/mol. The summed E-state index contributed by atoms with van der Waals surface area (Å²) in [6.45, 7) is 4.02. The summed E-state index contributed by atoms with van der Waals surface area (Å²) in [5.74, 6) is 0. The average molecular weight is 253 g/mol. The summed E-state index contributed by atoms with van der Waals surface area (Å²) in [5.41, 5.74) is 8.29. The van der Waals surface area contributed by atoms with Crippen LogP contribution in [0, 0.1) is 6.92 Å². The van der Waals surface area contributed by atoms with Crippen molar-refractivity contribution in [1.29, 1.82) is 0 Å². The van der Waals surface area contributed by atoms with Gasteiger partial charge < -0.3 is 5.73 Å². The smallest absolute Gasteiger partial charge is 0.175 e. The first-order valence-corrected chi connectivity index (χ1v) is 7.73. The van der Waals surface area contributed by atoms with Crippen LogP contribution >= 0.6 is 0 Å². The van der Waals surface area contributed by atoms with Gasteiger partial charge in [-0.05, 0) is 49.9 Å². The van der Waals surface area contributed by atoms with Gasteiger partial charge in [-0.15, -0.1) is 0 Å². The predicted octanol–water partition coefficient (Wildman–Crippen LogP) is 1.78. The van der Waals surface area contributed by atoms with E-state index in [0.29, 0.717) is 4.90 Å². The molecule has 94 valence electrons. The molecule has 0 radical (unpaired) electrons. The van der Waals surface area contributed by atoms with E-state index in [2.05, 4.69) is 0 Å². The molecule has 0 aliphatic heterocycles. The topological polar surface area (TPSA) is 60.2 Å². The van der Waals surface area contributed by atoms with Crippen molar-refractivity contribution in [3.05, 3.63) is 29.3 Å². The van der Waals surface area contributed by atoms with E-state index in [-0.39, 0.29) is 11.5 Å². The normalized spacial score (nSPS) is 20.0. The van der Waals surface area contributed by atoms with Gasteiger partial charge in [0.1, 0.15) is 0 Å². The van der Waals surface area contributed by atoms with Crippen LogP contribution in [0.5, 0.6) is 0 Å². The van der Waals surface area contributed by atoms with Gasteiger partial charge in [-0.1, -0.05) is 6.07 Å². The Balaban J connectivity index is 2.55. The van der Waals surface area contributed by atoms with Crippen molar-refractivity contribution in [2.24, 2.45) is 5.73 Å². The maximum Gasteiger partial charge on any atom is 0.175 e. The molecule has 0 saturated heterocycles. The van der Waals surface area contributed by atoms with E-state index >= 15 is 0 Å². The summed E-state index contributed by atoms with van der Waals surface area (Å²) >= 11 is 0. The summed E-state index contributed by atoms with van der Waals surface area (Å²) in [6, 6.07) is 5.43. The van der Waals surface area contributed by atoms with Crippen LogP contribution < -0.4 is 5.73 Å². The Labute approximate surface area is 103 Å². The molecule has 1 unspecified atom stereocenters. The molecule has 2 rings (SSSR count). The number of rotatable bonds is 3. The van der Waals surface area contributed by atoms with Crippen molar-refractivity contribution in [2.45, 2.75) is 43.0 Å². The first-order chi connectivity index (χ1) is 7.77. The first-order valence-electron chi connectivity index (χ1n) is 5.84. The second-order valence-corrected chi connectivity index (χ2v) is 7.21. The fourth-order valence-electron chi connectivity index (χ4n) is 2.47. The van der Waals surface area contributed by atoms with Crippen molar-refractivity contribution in [3.8, 4) is 0 Å². The minimum atomic E-state index is -3.14. The van der Waals surface area contributed by atoms with Crippen molar-refractivity contribution in [1.82, 2.24) is 0 Å². The molecule has 2 N–H and O–H groups in total. The summed E-state index contributed by atoms with van der Waals surface area (Å²) in [4.78, 5) is 0.394. The molecular weight excluding hydrogens is 234 g/mol. The highest BCUT2D eigenvalue weighted by Gasteiger charge is 2.48. The second kappa shape index (κ2) is 3.82. The van der Waals surface area contributed by atoms with Gasteiger partial charge in [0.15, 0.2) is 9.84 Å². The van der Waals surface area contributed by atoms with Gasteiger partial charge in [-0.3, -0.25) is 0 Å². The molecule has 0 aromatic heterocycles. The van der Waals surface area contributed by atoms with Crippen LogP contribution in [-0.4, -0.2) is 20.7 Å².